The lowest BCUT2D eigenvalue weighted by atomic mass is 9.87. The molecule has 0 saturated carbocycles. The fraction of sp³-hybridized carbons (Fsp3) is 0.688. The van der Waals surface area contributed by atoms with E-state index >= 15 is 0 Å². The van der Waals surface area contributed by atoms with Crippen LogP contribution in [0.25, 0.3) is 0 Å². The summed E-state index contributed by atoms with van der Waals surface area (Å²) in [6.45, 7) is 12.7. The second-order valence-corrected chi connectivity index (χ2v) is 6.57. The van der Waals surface area contributed by atoms with Gasteiger partial charge in [-0.05, 0) is 50.4 Å². The lowest BCUT2D eigenvalue weighted by Gasteiger charge is -2.23. The fourth-order valence-corrected chi connectivity index (χ4v) is 2.78. The molecule has 2 rings (SSSR count). The van der Waals surface area contributed by atoms with Gasteiger partial charge in [0.15, 0.2) is 0 Å². The third kappa shape index (κ3) is 3.32. The Balaban J connectivity index is 2.12. The van der Waals surface area contributed by atoms with Crippen LogP contribution in [0.1, 0.15) is 50.4 Å². The van der Waals surface area contributed by atoms with Crippen LogP contribution >= 0.6 is 0 Å². The molecule has 2 heteroatoms. The molecule has 0 bridgehead atoms. The minimum absolute atomic E-state index is 0.147. The zero-order valence-corrected chi connectivity index (χ0v) is 12.3. The maximum absolute atomic E-state index is 4.68. The van der Waals surface area contributed by atoms with Crippen molar-refractivity contribution in [3.05, 3.63) is 29.1 Å². The van der Waals surface area contributed by atoms with Crippen LogP contribution in [0.4, 0.5) is 0 Å². The molecule has 1 aromatic rings. The van der Waals surface area contributed by atoms with Gasteiger partial charge in [-0.25, -0.2) is 0 Å². The standard InChI is InChI=1S/C16H26N2/c1-13-11-14(7-10-18-8-5-6-9-18)15(17-12-13)16(2,3)4/h11-12H,5-10H2,1-4H3. The van der Waals surface area contributed by atoms with E-state index in [0.717, 1.165) is 6.42 Å². The van der Waals surface area contributed by atoms with Gasteiger partial charge in [0.25, 0.3) is 0 Å². The molecule has 0 unspecified atom stereocenters. The van der Waals surface area contributed by atoms with Crippen molar-refractivity contribution in [2.45, 2.75) is 52.4 Å². The minimum Gasteiger partial charge on any atom is -0.303 e. The average Bonchev–Trinajstić information content (AvgIpc) is 2.77. The molecular formula is C16H26N2. The first-order valence-electron chi connectivity index (χ1n) is 7.15. The van der Waals surface area contributed by atoms with E-state index in [1.807, 2.05) is 6.20 Å². The van der Waals surface area contributed by atoms with Gasteiger partial charge in [0, 0.05) is 23.9 Å². The highest BCUT2D eigenvalue weighted by molar-refractivity contribution is 5.29. The van der Waals surface area contributed by atoms with Crippen molar-refractivity contribution in [1.82, 2.24) is 9.88 Å². The summed E-state index contributed by atoms with van der Waals surface area (Å²) >= 11 is 0. The van der Waals surface area contributed by atoms with E-state index < -0.39 is 0 Å². The van der Waals surface area contributed by atoms with E-state index in [-0.39, 0.29) is 5.41 Å². The Kier molecular flexibility index (Phi) is 4.06. The van der Waals surface area contributed by atoms with Gasteiger partial charge in [0.2, 0.25) is 0 Å². The fourth-order valence-electron chi connectivity index (χ4n) is 2.78. The SMILES string of the molecule is Cc1cnc(C(C)(C)C)c(CCN2CCCC2)c1. The quantitative estimate of drug-likeness (QED) is 0.813. The summed E-state index contributed by atoms with van der Waals surface area (Å²) < 4.78 is 0. The molecule has 1 aromatic heterocycles. The Hall–Kier alpha value is -0.890. The molecule has 1 aliphatic heterocycles. The average molecular weight is 246 g/mol. The smallest absolute Gasteiger partial charge is 0.0489 e. The first-order chi connectivity index (χ1) is 8.47. The molecule has 0 radical (unpaired) electrons. The second-order valence-electron chi connectivity index (χ2n) is 6.57. The van der Waals surface area contributed by atoms with Gasteiger partial charge in [-0.2, -0.15) is 0 Å². The maximum Gasteiger partial charge on any atom is 0.0489 e. The summed E-state index contributed by atoms with van der Waals surface area (Å²) in [5.41, 5.74) is 4.13. The van der Waals surface area contributed by atoms with Crippen molar-refractivity contribution in [2.75, 3.05) is 19.6 Å². The van der Waals surface area contributed by atoms with Gasteiger partial charge in [-0.1, -0.05) is 26.8 Å². The summed E-state index contributed by atoms with van der Waals surface area (Å²) in [6, 6.07) is 2.32. The molecule has 0 N–H and O–H groups in total. The van der Waals surface area contributed by atoms with Crippen LogP contribution in [0.5, 0.6) is 0 Å². The summed E-state index contributed by atoms with van der Waals surface area (Å²) in [7, 11) is 0. The van der Waals surface area contributed by atoms with Crippen LogP contribution in [0, 0.1) is 6.92 Å². The Labute approximate surface area is 111 Å². The van der Waals surface area contributed by atoms with E-state index in [0.29, 0.717) is 0 Å². The predicted octanol–water partition coefficient (Wildman–Crippen LogP) is 3.33. The molecule has 1 saturated heterocycles. The predicted molar refractivity (Wildman–Crippen MR) is 77.1 cm³/mol. The highest BCUT2D eigenvalue weighted by atomic mass is 15.1. The normalized spacial score (nSPS) is 17.3. The number of aryl methyl sites for hydroxylation is 1. The molecule has 0 amide bonds. The van der Waals surface area contributed by atoms with Crippen LogP contribution in [0.15, 0.2) is 12.3 Å². The third-order valence-electron chi connectivity index (χ3n) is 3.71. The number of hydrogen-bond acceptors (Lipinski definition) is 2. The van der Waals surface area contributed by atoms with E-state index in [1.54, 1.807) is 0 Å². The highest BCUT2D eigenvalue weighted by Crippen LogP contribution is 2.25. The second kappa shape index (κ2) is 5.40. The zero-order chi connectivity index (χ0) is 13.2. The van der Waals surface area contributed by atoms with Gasteiger partial charge in [0.05, 0.1) is 0 Å². The van der Waals surface area contributed by atoms with Crippen LogP contribution in [0.3, 0.4) is 0 Å². The number of pyridine rings is 1. The summed E-state index contributed by atoms with van der Waals surface area (Å²) in [5, 5.41) is 0. The third-order valence-corrected chi connectivity index (χ3v) is 3.71. The number of nitrogens with zero attached hydrogens (tertiary/aromatic N) is 2. The molecule has 0 atom stereocenters. The van der Waals surface area contributed by atoms with Crippen molar-refractivity contribution in [3.8, 4) is 0 Å². The van der Waals surface area contributed by atoms with Gasteiger partial charge in [0.1, 0.15) is 0 Å². The molecule has 0 aliphatic carbocycles. The number of likely N-dealkylation sites (tertiary alicyclic amines) is 1. The monoisotopic (exact) mass is 246 g/mol. The van der Waals surface area contributed by atoms with Crippen molar-refractivity contribution in [3.63, 3.8) is 0 Å². The lowest BCUT2D eigenvalue weighted by molar-refractivity contribution is 0.342. The lowest BCUT2D eigenvalue weighted by Crippen LogP contribution is -2.24. The molecule has 100 valence electrons. The molecule has 0 aromatic carbocycles. The van der Waals surface area contributed by atoms with Crippen LogP contribution in [0.2, 0.25) is 0 Å². The van der Waals surface area contributed by atoms with Crippen molar-refractivity contribution < 1.29 is 0 Å². The Morgan fingerprint density at radius 2 is 1.89 bits per heavy atom. The first-order valence-corrected chi connectivity index (χ1v) is 7.15. The Morgan fingerprint density at radius 3 is 2.50 bits per heavy atom. The van der Waals surface area contributed by atoms with Gasteiger partial charge in [-0.3, -0.25) is 4.98 Å². The number of aromatic nitrogens is 1. The van der Waals surface area contributed by atoms with Crippen molar-refractivity contribution in [2.24, 2.45) is 0 Å². The number of rotatable bonds is 3. The molecule has 1 fully saturated rings. The maximum atomic E-state index is 4.68. The topological polar surface area (TPSA) is 16.1 Å². The Bertz CT molecular complexity index is 398. The molecule has 2 heterocycles. The summed E-state index contributed by atoms with van der Waals surface area (Å²) in [6.07, 6.45) is 5.89. The van der Waals surface area contributed by atoms with E-state index in [1.165, 1.54) is 49.3 Å². The molecule has 2 nitrogen and oxygen atoms in total. The molecule has 0 spiro atoms. The summed E-state index contributed by atoms with van der Waals surface area (Å²) in [4.78, 5) is 7.25. The van der Waals surface area contributed by atoms with Gasteiger partial charge in [-0.15, -0.1) is 0 Å². The van der Waals surface area contributed by atoms with Gasteiger partial charge >= 0.3 is 0 Å². The molecular weight excluding hydrogens is 220 g/mol. The van der Waals surface area contributed by atoms with Crippen LogP contribution in [-0.2, 0) is 11.8 Å². The van der Waals surface area contributed by atoms with E-state index in [9.17, 15) is 0 Å². The zero-order valence-electron chi connectivity index (χ0n) is 12.3. The van der Waals surface area contributed by atoms with Crippen LogP contribution in [-0.4, -0.2) is 29.5 Å². The first kappa shape index (κ1) is 13.5. The molecule has 18 heavy (non-hydrogen) atoms. The van der Waals surface area contributed by atoms with Gasteiger partial charge < -0.3 is 4.90 Å². The Morgan fingerprint density at radius 1 is 1.22 bits per heavy atom. The minimum atomic E-state index is 0.147. The van der Waals surface area contributed by atoms with Crippen molar-refractivity contribution >= 4 is 0 Å². The largest absolute Gasteiger partial charge is 0.303 e. The number of hydrogen-bond donors (Lipinski definition) is 0. The van der Waals surface area contributed by atoms with E-state index in [4.69, 9.17) is 0 Å². The van der Waals surface area contributed by atoms with Crippen molar-refractivity contribution in [1.29, 1.82) is 0 Å². The summed E-state index contributed by atoms with van der Waals surface area (Å²) in [5.74, 6) is 0. The molecule has 1 aliphatic rings. The van der Waals surface area contributed by atoms with Crippen LogP contribution < -0.4 is 0 Å². The highest BCUT2D eigenvalue weighted by Gasteiger charge is 2.20. The van der Waals surface area contributed by atoms with E-state index in [2.05, 4.69) is 43.6 Å².